The van der Waals surface area contributed by atoms with Crippen LogP contribution >= 0.6 is 22.9 Å². The molecule has 0 radical (unpaired) electrons. The molecule has 1 nitrogen and oxygen atoms in total. The number of hydrogen-bond acceptors (Lipinski definition) is 2. The highest BCUT2D eigenvalue weighted by atomic mass is 35.5. The lowest BCUT2D eigenvalue weighted by Gasteiger charge is -2.06. The van der Waals surface area contributed by atoms with Crippen LogP contribution in [0.2, 0.25) is 5.02 Å². The van der Waals surface area contributed by atoms with Crippen LogP contribution in [0.4, 0.5) is 4.39 Å². The first-order chi connectivity index (χ1) is 8.11. The van der Waals surface area contributed by atoms with Crippen molar-refractivity contribution < 1.29 is 4.39 Å². The number of nitrogens with one attached hydrogen (secondary N) is 1. The summed E-state index contributed by atoms with van der Waals surface area (Å²) in [5.74, 6) is -0.275. The summed E-state index contributed by atoms with van der Waals surface area (Å²) in [6.45, 7) is 2.08. The Morgan fingerprint density at radius 3 is 2.71 bits per heavy atom. The molecule has 1 N–H and O–H groups in total. The van der Waals surface area contributed by atoms with Gasteiger partial charge >= 0.3 is 0 Å². The third-order valence-corrected chi connectivity index (χ3v) is 4.22. The second-order valence-electron chi connectivity index (χ2n) is 3.84. The Morgan fingerprint density at radius 2 is 2.06 bits per heavy atom. The molecule has 4 heteroatoms. The summed E-state index contributed by atoms with van der Waals surface area (Å²) >= 11 is 7.33. The van der Waals surface area contributed by atoms with Crippen LogP contribution in [0.25, 0.3) is 10.4 Å². The Bertz CT molecular complexity index is 524. The molecule has 1 heterocycles. The Morgan fingerprint density at radius 1 is 1.29 bits per heavy atom. The summed E-state index contributed by atoms with van der Waals surface area (Å²) in [4.78, 5) is 2.12. The van der Waals surface area contributed by atoms with Gasteiger partial charge in [-0.3, -0.25) is 0 Å². The van der Waals surface area contributed by atoms with Gasteiger partial charge in [0.1, 0.15) is 5.82 Å². The van der Waals surface area contributed by atoms with Gasteiger partial charge in [-0.25, -0.2) is 4.39 Å². The molecule has 1 aromatic carbocycles. The molecule has 0 bridgehead atoms. The van der Waals surface area contributed by atoms with Crippen molar-refractivity contribution in [2.24, 2.45) is 0 Å². The van der Waals surface area contributed by atoms with Crippen molar-refractivity contribution >= 4 is 22.9 Å². The molecule has 0 spiro atoms. The molecule has 0 aliphatic heterocycles. The van der Waals surface area contributed by atoms with Gasteiger partial charge in [0, 0.05) is 26.4 Å². The van der Waals surface area contributed by atoms with Crippen molar-refractivity contribution in [3.63, 3.8) is 0 Å². The van der Waals surface area contributed by atoms with Crippen LogP contribution in [0.5, 0.6) is 0 Å². The van der Waals surface area contributed by atoms with E-state index in [0.29, 0.717) is 10.6 Å². The first-order valence-electron chi connectivity index (χ1n) is 5.34. The Hall–Kier alpha value is -0.900. The zero-order valence-electron chi connectivity index (χ0n) is 9.63. The third kappa shape index (κ3) is 2.68. The molecular weight excluding hydrogens is 257 g/mol. The molecule has 1 aromatic heterocycles. The van der Waals surface area contributed by atoms with Gasteiger partial charge in [0.05, 0.1) is 0 Å². The second-order valence-corrected chi connectivity index (χ2v) is 5.39. The van der Waals surface area contributed by atoms with E-state index in [-0.39, 0.29) is 11.9 Å². The summed E-state index contributed by atoms with van der Waals surface area (Å²) in [6.07, 6.45) is 0. The van der Waals surface area contributed by atoms with E-state index >= 15 is 0 Å². The van der Waals surface area contributed by atoms with Crippen LogP contribution in [0, 0.1) is 5.82 Å². The smallest absolute Gasteiger partial charge is 0.133 e. The van der Waals surface area contributed by atoms with Crippen molar-refractivity contribution in [1.29, 1.82) is 0 Å². The number of hydrogen-bond donors (Lipinski definition) is 1. The third-order valence-electron chi connectivity index (χ3n) is 2.68. The van der Waals surface area contributed by atoms with Crippen LogP contribution in [-0.4, -0.2) is 7.05 Å². The molecule has 2 rings (SSSR count). The van der Waals surface area contributed by atoms with Gasteiger partial charge in [0.2, 0.25) is 0 Å². The Labute approximate surface area is 109 Å². The minimum atomic E-state index is -0.275. The Balaban J connectivity index is 2.37. The normalized spacial score (nSPS) is 12.7. The largest absolute Gasteiger partial charge is 0.313 e. The average molecular weight is 270 g/mol. The SMILES string of the molecule is CNC(C)c1ccc(-c2ccc(Cl)cc2F)s1. The van der Waals surface area contributed by atoms with Gasteiger partial charge in [-0.2, -0.15) is 0 Å². The van der Waals surface area contributed by atoms with E-state index in [9.17, 15) is 4.39 Å². The second kappa shape index (κ2) is 5.17. The molecule has 0 fully saturated rings. The van der Waals surface area contributed by atoms with Crippen LogP contribution in [0.1, 0.15) is 17.8 Å². The standard InChI is InChI=1S/C13H13ClFNS/c1-8(16-2)12-5-6-13(17-12)10-4-3-9(14)7-11(10)15/h3-8,16H,1-2H3. The lowest BCUT2D eigenvalue weighted by Crippen LogP contribution is -2.10. The van der Waals surface area contributed by atoms with Gasteiger partial charge in [-0.1, -0.05) is 11.6 Å². The summed E-state index contributed by atoms with van der Waals surface area (Å²) in [6, 6.07) is 9.02. The van der Waals surface area contributed by atoms with E-state index in [0.717, 1.165) is 4.88 Å². The van der Waals surface area contributed by atoms with E-state index in [1.807, 2.05) is 19.2 Å². The fraction of sp³-hybridized carbons (Fsp3) is 0.231. The van der Waals surface area contributed by atoms with Gasteiger partial charge in [-0.05, 0) is 44.3 Å². The van der Waals surface area contributed by atoms with Gasteiger partial charge in [-0.15, -0.1) is 11.3 Å². The molecule has 0 saturated carbocycles. The maximum atomic E-state index is 13.7. The number of rotatable bonds is 3. The van der Waals surface area contributed by atoms with Crippen LogP contribution < -0.4 is 5.32 Å². The summed E-state index contributed by atoms with van der Waals surface area (Å²) in [7, 11) is 1.91. The zero-order valence-corrected chi connectivity index (χ0v) is 11.2. The highest BCUT2D eigenvalue weighted by Crippen LogP contribution is 2.33. The molecule has 17 heavy (non-hydrogen) atoms. The molecule has 1 atom stereocenters. The summed E-state index contributed by atoms with van der Waals surface area (Å²) in [5, 5.41) is 3.59. The van der Waals surface area contributed by atoms with E-state index < -0.39 is 0 Å². The summed E-state index contributed by atoms with van der Waals surface area (Å²) < 4.78 is 13.7. The molecule has 0 aliphatic carbocycles. The molecule has 0 saturated heterocycles. The van der Waals surface area contributed by atoms with Crippen LogP contribution in [0.15, 0.2) is 30.3 Å². The fourth-order valence-corrected chi connectivity index (χ4v) is 2.82. The maximum absolute atomic E-state index is 13.7. The maximum Gasteiger partial charge on any atom is 0.133 e. The predicted molar refractivity (Wildman–Crippen MR) is 72.2 cm³/mol. The van der Waals surface area contributed by atoms with E-state index in [2.05, 4.69) is 12.2 Å². The quantitative estimate of drug-likeness (QED) is 0.866. The van der Waals surface area contributed by atoms with Gasteiger partial charge in [0.25, 0.3) is 0 Å². The predicted octanol–water partition coefficient (Wildman–Crippen LogP) is 4.49. The highest BCUT2D eigenvalue weighted by Gasteiger charge is 2.11. The Kier molecular flexibility index (Phi) is 3.82. The number of halogens is 2. The molecule has 0 amide bonds. The van der Waals surface area contributed by atoms with Gasteiger partial charge < -0.3 is 5.32 Å². The van der Waals surface area contributed by atoms with Crippen molar-refractivity contribution in [2.45, 2.75) is 13.0 Å². The fourth-order valence-electron chi connectivity index (χ4n) is 1.56. The van der Waals surface area contributed by atoms with E-state index in [4.69, 9.17) is 11.6 Å². The molecular formula is C13H13ClFNS. The minimum Gasteiger partial charge on any atom is -0.313 e. The zero-order chi connectivity index (χ0) is 12.4. The van der Waals surface area contributed by atoms with Crippen molar-refractivity contribution in [3.8, 4) is 10.4 Å². The molecule has 0 aliphatic rings. The lowest BCUT2D eigenvalue weighted by molar-refractivity contribution is 0.632. The number of thiophene rings is 1. The first-order valence-corrected chi connectivity index (χ1v) is 6.53. The van der Waals surface area contributed by atoms with Crippen LogP contribution in [-0.2, 0) is 0 Å². The van der Waals surface area contributed by atoms with E-state index in [1.54, 1.807) is 23.5 Å². The van der Waals surface area contributed by atoms with Crippen molar-refractivity contribution in [3.05, 3.63) is 46.0 Å². The number of benzene rings is 1. The molecule has 1 unspecified atom stereocenters. The van der Waals surface area contributed by atoms with Crippen LogP contribution in [0.3, 0.4) is 0 Å². The average Bonchev–Trinajstić information content (AvgIpc) is 2.77. The topological polar surface area (TPSA) is 12.0 Å². The molecule has 90 valence electrons. The van der Waals surface area contributed by atoms with Crippen molar-refractivity contribution in [1.82, 2.24) is 5.32 Å². The lowest BCUT2D eigenvalue weighted by atomic mass is 10.2. The van der Waals surface area contributed by atoms with Gasteiger partial charge in [0.15, 0.2) is 0 Å². The minimum absolute atomic E-state index is 0.275. The summed E-state index contributed by atoms with van der Waals surface area (Å²) in [5.41, 5.74) is 0.606. The van der Waals surface area contributed by atoms with E-state index in [1.165, 1.54) is 10.9 Å². The molecule has 2 aromatic rings. The first kappa shape index (κ1) is 12.6. The highest BCUT2D eigenvalue weighted by molar-refractivity contribution is 7.15. The van der Waals surface area contributed by atoms with Crippen molar-refractivity contribution in [2.75, 3.05) is 7.05 Å². The monoisotopic (exact) mass is 269 g/mol.